The number of thiophene rings is 1. The topological polar surface area (TPSA) is 152 Å². The molecule has 1 atom stereocenters. The van der Waals surface area contributed by atoms with E-state index < -0.39 is 36.2 Å². The van der Waals surface area contributed by atoms with E-state index >= 15 is 0 Å². The summed E-state index contributed by atoms with van der Waals surface area (Å²) >= 11 is 1.15. The van der Waals surface area contributed by atoms with E-state index in [-0.39, 0.29) is 24.0 Å². The lowest BCUT2D eigenvalue weighted by Gasteiger charge is -2.29. The Hall–Kier alpha value is -3.78. The second kappa shape index (κ2) is 9.59. The molecule has 0 saturated heterocycles. The Morgan fingerprint density at radius 2 is 2.00 bits per heavy atom. The third-order valence-corrected chi connectivity index (χ3v) is 6.96. The first-order chi connectivity index (χ1) is 17.3. The second-order valence-electron chi connectivity index (χ2n) is 9.22. The molecule has 3 heterocycles. The third kappa shape index (κ3) is 5.64. The minimum atomic E-state index is -4.59. The summed E-state index contributed by atoms with van der Waals surface area (Å²) in [6.45, 7) is 2.05. The van der Waals surface area contributed by atoms with Crippen LogP contribution in [0.25, 0.3) is 16.6 Å². The molecule has 198 valence electrons. The maximum absolute atomic E-state index is 13.1. The number of carbonyl (C=O) groups is 1. The number of imidazole rings is 1. The monoisotopic (exact) mass is 537 g/mol. The average molecular weight is 538 g/mol. The fourth-order valence-electron chi connectivity index (χ4n) is 4.02. The van der Waals surface area contributed by atoms with Crippen molar-refractivity contribution >= 4 is 51.4 Å². The van der Waals surface area contributed by atoms with Crippen LogP contribution in [0, 0.1) is 5.41 Å². The number of hydrogen-bond acceptors (Lipinski definition) is 8. The fourth-order valence-corrected chi connectivity index (χ4v) is 4.92. The lowest BCUT2D eigenvalue weighted by atomic mass is 10.1. The van der Waals surface area contributed by atoms with Crippen molar-refractivity contribution in [3.05, 3.63) is 50.7 Å². The summed E-state index contributed by atoms with van der Waals surface area (Å²) in [7, 11) is 0. The zero-order valence-electron chi connectivity index (χ0n) is 19.9. The number of nitrogens with zero attached hydrogens (tertiary/aromatic N) is 2. The highest BCUT2D eigenvalue weighted by Crippen LogP contribution is 2.38. The van der Waals surface area contributed by atoms with Crippen molar-refractivity contribution in [1.29, 1.82) is 5.41 Å². The number of H-pyrrole nitrogens is 1. The van der Waals surface area contributed by atoms with Gasteiger partial charge in [0.05, 0.1) is 32.9 Å². The molecule has 0 saturated carbocycles. The number of aromatic nitrogens is 2. The molecule has 1 amide bonds. The Balaban J connectivity index is 1.67. The van der Waals surface area contributed by atoms with Gasteiger partial charge >= 0.3 is 11.9 Å². The number of fused-ring (bicyclic) bond motifs is 2. The van der Waals surface area contributed by atoms with Crippen molar-refractivity contribution in [3.63, 3.8) is 0 Å². The van der Waals surface area contributed by atoms with E-state index in [0.717, 1.165) is 17.6 Å². The number of nitrogens with two attached hydrogens (primary N) is 1. The second-order valence-corrected chi connectivity index (χ2v) is 10.3. The van der Waals surface area contributed by atoms with Crippen LogP contribution in [0.15, 0.2) is 35.3 Å². The van der Waals surface area contributed by atoms with Crippen LogP contribution in [0.5, 0.6) is 0 Å². The highest BCUT2D eigenvalue weighted by atomic mass is 32.1. The maximum atomic E-state index is 13.1. The number of hydrogen-bond donors (Lipinski definition) is 6. The molecule has 1 aliphatic heterocycles. The van der Waals surface area contributed by atoms with Gasteiger partial charge in [-0.1, -0.05) is 0 Å². The number of benzene rings is 1. The smallest absolute Gasteiger partial charge is 0.404 e. The Bertz CT molecular complexity index is 1430. The van der Waals surface area contributed by atoms with Gasteiger partial charge in [-0.15, -0.1) is 11.3 Å². The van der Waals surface area contributed by atoms with Crippen LogP contribution in [0.2, 0.25) is 0 Å². The summed E-state index contributed by atoms with van der Waals surface area (Å²) in [5, 5.41) is 23.7. The van der Waals surface area contributed by atoms with Gasteiger partial charge < -0.3 is 36.8 Å². The van der Waals surface area contributed by atoms with Gasteiger partial charge in [0.2, 0.25) is 0 Å². The van der Waals surface area contributed by atoms with E-state index in [9.17, 15) is 27.9 Å². The van der Waals surface area contributed by atoms with Crippen molar-refractivity contribution in [3.8, 4) is 0 Å². The number of amides is 1. The summed E-state index contributed by atoms with van der Waals surface area (Å²) in [4.78, 5) is 30.4. The molecule has 0 aliphatic carbocycles. The van der Waals surface area contributed by atoms with E-state index in [1.807, 2.05) is 0 Å². The van der Waals surface area contributed by atoms with E-state index in [1.165, 1.54) is 18.3 Å². The van der Waals surface area contributed by atoms with Crippen molar-refractivity contribution in [1.82, 2.24) is 14.9 Å². The number of alkyl halides is 3. The van der Waals surface area contributed by atoms with Crippen LogP contribution < -0.4 is 27.0 Å². The zero-order valence-corrected chi connectivity index (χ0v) is 20.8. The fraction of sp³-hybridized carbons (Fsp3) is 0.348. The summed E-state index contributed by atoms with van der Waals surface area (Å²) in [5.74, 6) is -0.421. The normalized spacial score (nSPS) is 16.1. The number of halogens is 3. The number of carbonyl (C=O) groups excluding carboxylic acids is 1. The Morgan fingerprint density at radius 3 is 2.62 bits per heavy atom. The molecular weight excluding hydrogens is 511 g/mol. The molecular formula is C23H26F3N7O3S. The standard InChI is InChI=1S/C23H26F3N7O3S/c1-22(2,36)5-6-32-15-8-16-14(30-21(35)33(16)11-23(24,25)26)7-13(15)29-20(32)31-19(34)18-4-3-17(37-18)12(9-27)10-28/h3-4,7-10,20,27,29,36H,5-6,11,28H2,1-2H3,(H,30,35)(H,31,34)/b12-10+,27-9?. The molecule has 0 bridgehead atoms. The van der Waals surface area contributed by atoms with Crippen molar-refractivity contribution in [2.24, 2.45) is 5.73 Å². The van der Waals surface area contributed by atoms with Crippen molar-refractivity contribution < 1.29 is 23.1 Å². The maximum Gasteiger partial charge on any atom is 0.406 e. The average Bonchev–Trinajstić information content (AvgIpc) is 3.47. The van der Waals surface area contributed by atoms with Gasteiger partial charge in [0.25, 0.3) is 5.91 Å². The van der Waals surface area contributed by atoms with Gasteiger partial charge in [0.15, 0.2) is 6.29 Å². The van der Waals surface area contributed by atoms with Crippen LogP contribution in [0.3, 0.4) is 0 Å². The molecule has 14 heteroatoms. The van der Waals surface area contributed by atoms with Crippen LogP contribution >= 0.6 is 11.3 Å². The lowest BCUT2D eigenvalue weighted by molar-refractivity contribution is -0.140. The molecule has 2 aromatic heterocycles. The molecule has 4 rings (SSSR count). The molecule has 3 aromatic rings. The van der Waals surface area contributed by atoms with Gasteiger partial charge in [0.1, 0.15) is 6.54 Å². The highest BCUT2D eigenvalue weighted by molar-refractivity contribution is 7.15. The number of aliphatic hydroxyl groups is 1. The van der Waals surface area contributed by atoms with E-state index in [4.69, 9.17) is 11.1 Å². The molecule has 37 heavy (non-hydrogen) atoms. The van der Waals surface area contributed by atoms with Gasteiger partial charge in [-0.2, -0.15) is 13.2 Å². The molecule has 7 N–H and O–H groups in total. The number of allylic oxidation sites excluding steroid dienone is 1. The summed E-state index contributed by atoms with van der Waals surface area (Å²) in [6.07, 6.45) is -2.73. The first-order valence-electron chi connectivity index (χ1n) is 11.2. The van der Waals surface area contributed by atoms with Crippen molar-refractivity contribution in [2.45, 2.75) is 44.9 Å². The largest absolute Gasteiger partial charge is 0.406 e. The van der Waals surface area contributed by atoms with Crippen LogP contribution in [-0.4, -0.2) is 51.4 Å². The number of aromatic amines is 1. The first kappa shape index (κ1) is 26.3. The SMILES string of the molecule is CC(C)(O)CCN1c2cc3c(cc2NC1NC(=O)c1ccc(/C(C=N)=C/N)s1)[nH]c(=O)n3CC(F)(F)F. The predicted molar refractivity (Wildman–Crippen MR) is 137 cm³/mol. The van der Waals surface area contributed by atoms with E-state index in [0.29, 0.717) is 31.3 Å². The number of nitrogens with one attached hydrogen (secondary N) is 4. The van der Waals surface area contributed by atoms with Gasteiger partial charge in [0, 0.05) is 29.4 Å². The minimum Gasteiger partial charge on any atom is -0.404 e. The molecule has 1 aromatic carbocycles. The lowest BCUT2D eigenvalue weighted by Crippen LogP contribution is -2.50. The molecule has 0 fully saturated rings. The van der Waals surface area contributed by atoms with Gasteiger partial charge in [-0.3, -0.25) is 9.36 Å². The third-order valence-electron chi connectivity index (χ3n) is 5.82. The molecule has 0 radical (unpaired) electrons. The predicted octanol–water partition coefficient (Wildman–Crippen LogP) is 3.01. The van der Waals surface area contributed by atoms with Crippen molar-refractivity contribution in [2.75, 3.05) is 16.8 Å². The minimum absolute atomic E-state index is 0.0683. The summed E-state index contributed by atoms with van der Waals surface area (Å²) in [5.41, 5.74) is 5.31. The van der Waals surface area contributed by atoms with Crippen LogP contribution in [0.4, 0.5) is 24.5 Å². The quantitative estimate of drug-likeness (QED) is 0.243. The van der Waals surface area contributed by atoms with Crippen LogP contribution in [-0.2, 0) is 6.54 Å². The Morgan fingerprint density at radius 1 is 1.30 bits per heavy atom. The molecule has 1 aliphatic rings. The van der Waals surface area contributed by atoms with Gasteiger partial charge in [-0.05, 0) is 44.5 Å². The zero-order chi connectivity index (χ0) is 27.1. The number of rotatable bonds is 8. The van der Waals surface area contributed by atoms with E-state index in [2.05, 4.69) is 15.6 Å². The number of anilines is 2. The summed E-state index contributed by atoms with van der Waals surface area (Å²) in [6, 6.07) is 6.26. The first-order valence-corrected chi connectivity index (χ1v) is 12.0. The summed E-state index contributed by atoms with van der Waals surface area (Å²) < 4.78 is 39.9. The molecule has 0 spiro atoms. The van der Waals surface area contributed by atoms with Crippen LogP contribution in [0.1, 0.15) is 34.8 Å². The Kier molecular flexibility index (Phi) is 6.81. The van der Waals surface area contributed by atoms with E-state index in [1.54, 1.807) is 30.9 Å². The Labute approximate surface area is 213 Å². The molecule has 10 nitrogen and oxygen atoms in total. The van der Waals surface area contributed by atoms with Gasteiger partial charge in [-0.25, -0.2) is 4.79 Å². The highest BCUT2D eigenvalue weighted by Gasteiger charge is 2.34. The molecule has 1 unspecified atom stereocenters.